The highest BCUT2D eigenvalue weighted by molar-refractivity contribution is 6.33. The van der Waals surface area contributed by atoms with Gasteiger partial charge in [0, 0.05) is 29.3 Å². The smallest absolute Gasteiger partial charge is 0.227 e. The summed E-state index contributed by atoms with van der Waals surface area (Å²) in [5.74, 6) is 1.00. The minimum Gasteiger partial charge on any atom is -0.495 e. The van der Waals surface area contributed by atoms with Crippen LogP contribution in [0.5, 0.6) is 5.75 Å². The number of nitrogens with two attached hydrogens (primary N) is 1. The summed E-state index contributed by atoms with van der Waals surface area (Å²) >= 11 is 6.34. The van der Waals surface area contributed by atoms with Crippen molar-refractivity contribution >= 4 is 35.2 Å². The first-order valence-electron chi connectivity index (χ1n) is 8.34. The largest absolute Gasteiger partial charge is 0.495 e. The second kappa shape index (κ2) is 8.51. The van der Waals surface area contributed by atoms with Gasteiger partial charge in [-0.1, -0.05) is 11.6 Å². The summed E-state index contributed by atoms with van der Waals surface area (Å²) in [6.07, 6.45) is 5.64. The van der Waals surface area contributed by atoms with Crippen LogP contribution in [-0.4, -0.2) is 23.4 Å². The van der Waals surface area contributed by atoms with Crippen LogP contribution in [0.4, 0.5) is 17.3 Å². The fourth-order valence-electron chi connectivity index (χ4n) is 2.60. The van der Waals surface area contributed by atoms with E-state index in [0.717, 1.165) is 23.1 Å². The van der Waals surface area contributed by atoms with Gasteiger partial charge in [0.05, 0.1) is 12.1 Å². The van der Waals surface area contributed by atoms with E-state index in [1.54, 1.807) is 24.5 Å². The Balaban J connectivity index is 1.67. The molecule has 0 saturated carbocycles. The van der Waals surface area contributed by atoms with E-state index in [0.29, 0.717) is 40.8 Å². The van der Waals surface area contributed by atoms with Gasteiger partial charge in [-0.3, -0.25) is 4.79 Å². The maximum atomic E-state index is 11.1. The molecule has 27 heavy (non-hydrogen) atoms. The Bertz CT molecular complexity index is 928. The zero-order chi connectivity index (χ0) is 19.2. The van der Waals surface area contributed by atoms with E-state index in [9.17, 15) is 4.79 Å². The number of methoxy groups -OCH3 is 1. The number of nitrogens with one attached hydrogen (secondary N) is 1. The summed E-state index contributed by atoms with van der Waals surface area (Å²) < 4.78 is 5.23. The van der Waals surface area contributed by atoms with Gasteiger partial charge in [-0.25, -0.2) is 9.97 Å². The van der Waals surface area contributed by atoms with E-state index in [1.165, 1.54) is 7.11 Å². The Labute approximate surface area is 162 Å². The number of carbonyl (C=O) groups is 1. The van der Waals surface area contributed by atoms with Crippen molar-refractivity contribution in [3.8, 4) is 5.75 Å². The predicted molar refractivity (Wildman–Crippen MR) is 107 cm³/mol. The van der Waals surface area contributed by atoms with Gasteiger partial charge in [-0.05, 0) is 60.4 Å². The number of ether oxygens (including phenoxy) is 1. The molecule has 138 valence electrons. The zero-order valence-electron chi connectivity index (χ0n) is 14.8. The van der Waals surface area contributed by atoms with Crippen molar-refractivity contribution in [1.82, 2.24) is 9.97 Å². The number of nitrogens with zero attached hydrogens (tertiary/aromatic N) is 2. The van der Waals surface area contributed by atoms with Gasteiger partial charge in [-0.15, -0.1) is 0 Å². The highest BCUT2D eigenvalue weighted by atomic mass is 35.5. The highest BCUT2D eigenvalue weighted by Gasteiger charge is 2.10. The van der Waals surface area contributed by atoms with E-state index >= 15 is 0 Å². The molecule has 0 spiro atoms. The average molecular weight is 383 g/mol. The molecule has 0 bridgehead atoms. The van der Waals surface area contributed by atoms with E-state index in [4.69, 9.17) is 22.1 Å². The van der Waals surface area contributed by atoms with Crippen LogP contribution in [0.3, 0.4) is 0 Å². The Hall–Kier alpha value is -3.12. The summed E-state index contributed by atoms with van der Waals surface area (Å²) in [6, 6.07) is 10.7. The average Bonchev–Trinajstić information content (AvgIpc) is 2.70. The van der Waals surface area contributed by atoms with Gasteiger partial charge in [0.2, 0.25) is 5.95 Å². The molecule has 1 aromatic heterocycles. The third-order valence-corrected chi connectivity index (χ3v) is 4.48. The second-order valence-electron chi connectivity index (χ2n) is 5.98. The van der Waals surface area contributed by atoms with Crippen LogP contribution in [0.25, 0.3) is 0 Å². The molecule has 0 fully saturated rings. The standard InChI is InChI=1S/C20H19ClN4O2/c1-27-18-9-14(12-26)8-15(19(18)21)3-2-13-10-23-20(24-11-13)25-17-6-4-16(22)5-7-17/h4-12H,2-3,22H2,1H3,(H,23,24,25). The number of aryl methyl sites for hydroxylation is 2. The minimum absolute atomic E-state index is 0.496. The molecule has 0 saturated heterocycles. The van der Waals surface area contributed by atoms with Crippen molar-refractivity contribution in [1.29, 1.82) is 0 Å². The van der Waals surface area contributed by atoms with Crippen molar-refractivity contribution in [2.45, 2.75) is 12.8 Å². The molecule has 0 radical (unpaired) electrons. The summed E-state index contributed by atoms with van der Waals surface area (Å²) in [7, 11) is 1.53. The number of hydrogen-bond donors (Lipinski definition) is 2. The Morgan fingerprint density at radius 1 is 1.15 bits per heavy atom. The number of rotatable bonds is 7. The number of halogens is 1. The Morgan fingerprint density at radius 3 is 2.48 bits per heavy atom. The number of hydrogen-bond acceptors (Lipinski definition) is 6. The number of benzene rings is 2. The molecule has 2 aromatic carbocycles. The number of aromatic nitrogens is 2. The summed E-state index contributed by atoms with van der Waals surface area (Å²) in [4.78, 5) is 19.7. The molecule has 3 aromatic rings. The predicted octanol–water partition coefficient (Wildman–Crippen LogP) is 4.06. The lowest BCUT2D eigenvalue weighted by Crippen LogP contribution is -2.00. The normalized spacial score (nSPS) is 10.4. The van der Waals surface area contributed by atoms with E-state index in [-0.39, 0.29) is 0 Å². The molecule has 7 heteroatoms. The SMILES string of the molecule is COc1cc(C=O)cc(CCc2cnc(Nc3ccc(N)cc3)nc2)c1Cl. The van der Waals surface area contributed by atoms with Gasteiger partial charge in [0.1, 0.15) is 12.0 Å². The lowest BCUT2D eigenvalue weighted by molar-refractivity contribution is 0.112. The third kappa shape index (κ3) is 4.74. The molecule has 1 heterocycles. The van der Waals surface area contributed by atoms with E-state index in [2.05, 4.69) is 15.3 Å². The van der Waals surface area contributed by atoms with Crippen LogP contribution in [0, 0.1) is 0 Å². The van der Waals surface area contributed by atoms with Gasteiger partial charge in [0.15, 0.2) is 0 Å². The molecule has 3 rings (SSSR count). The van der Waals surface area contributed by atoms with Crippen LogP contribution >= 0.6 is 11.6 Å². The first kappa shape index (κ1) is 18.7. The van der Waals surface area contributed by atoms with Gasteiger partial charge in [-0.2, -0.15) is 0 Å². The van der Waals surface area contributed by atoms with Crippen LogP contribution in [-0.2, 0) is 12.8 Å². The third-order valence-electron chi connectivity index (χ3n) is 4.05. The van der Waals surface area contributed by atoms with Crippen LogP contribution in [0.2, 0.25) is 5.02 Å². The monoisotopic (exact) mass is 382 g/mol. The highest BCUT2D eigenvalue weighted by Crippen LogP contribution is 2.30. The molecule has 0 amide bonds. The number of nitrogen functional groups attached to an aromatic ring is 1. The fourth-order valence-corrected chi connectivity index (χ4v) is 2.88. The first-order valence-corrected chi connectivity index (χ1v) is 8.72. The molecule has 0 atom stereocenters. The maximum Gasteiger partial charge on any atom is 0.227 e. The molecule has 0 aliphatic rings. The molecule has 0 unspecified atom stereocenters. The van der Waals surface area contributed by atoms with E-state index in [1.807, 2.05) is 24.3 Å². The lowest BCUT2D eigenvalue weighted by Gasteiger charge is -2.10. The summed E-state index contributed by atoms with van der Waals surface area (Å²) in [6.45, 7) is 0. The number of anilines is 3. The minimum atomic E-state index is 0.496. The number of aldehydes is 1. The quantitative estimate of drug-likeness (QED) is 0.473. The first-order chi connectivity index (χ1) is 13.1. The lowest BCUT2D eigenvalue weighted by atomic mass is 10.0. The second-order valence-corrected chi connectivity index (χ2v) is 6.35. The molecule has 0 aliphatic carbocycles. The van der Waals surface area contributed by atoms with Crippen molar-refractivity contribution < 1.29 is 9.53 Å². The topological polar surface area (TPSA) is 90.1 Å². The fraction of sp³-hybridized carbons (Fsp3) is 0.150. The van der Waals surface area contributed by atoms with Crippen molar-refractivity contribution in [2.24, 2.45) is 0 Å². The molecule has 3 N–H and O–H groups in total. The van der Waals surface area contributed by atoms with Crippen molar-refractivity contribution in [2.75, 3.05) is 18.2 Å². The van der Waals surface area contributed by atoms with Crippen LogP contribution < -0.4 is 15.8 Å². The van der Waals surface area contributed by atoms with Crippen molar-refractivity contribution in [3.05, 3.63) is 70.5 Å². The Kier molecular flexibility index (Phi) is 5.88. The molecule has 6 nitrogen and oxygen atoms in total. The van der Waals surface area contributed by atoms with E-state index < -0.39 is 0 Å². The number of carbonyl (C=O) groups excluding carboxylic acids is 1. The summed E-state index contributed by atoms with van der Waals surface area (Å²) in [5, 5.41) is 3.64. The zero-order valence-corrected chi connectivity index (χ0v) is 15.5. The van der Waals surface area contributed by atoms with Gasteiger partial charge >= 0.3 is 0 Å². The maximum absolute atomic E-state index is 11.1. The van der Waals surface area contributed by atoms with Gasteiger partial charge < -0.3 is 15.8 Å². The van der Waals surface area contributed by atoms with Crippen LogP contribution in [0.15, 0.2) is 48.8 Å². The molecule has 0 aliphatic heterocycles. The van der Waals surface area contributed by atoms with Crippen molar-refractivity contribution in [3.63, 3.8) is 0 Å². The van der Waals surface area contributed by atoms with Crippen LogP contribution in [0.1, 0.15) is 21.5 Å². The Morgan fingerprint density at radius 2 is 1.85 bits per heavy atom. The molecular weight excluding hydrogens is 364 g/mol. The summed E-state index contributed by atoms with van der Waals surface area (Å²) in [5.41, 5.74) is 9.58. The van der Waals surface area contributed by atoms with Gasteiger partial charge in [0.25, 0.3) is 0 Å². The molecular formula is C20H19ClN4O2.